The number of ether oxygens (including phenoxy) is 1. The zero-order valence-electron chi connectivity index (χ0n) is 9.17. The van der Waals surface area contributed by atoms with Crippen LogP contribution in [0.5, 0.6) is 0 Å². The summed E-state index contributed by atoms with van der Waals surface area (Å²) in [5.41, 5.74) is 1.02. The lowest BCUT2D eigenvalue weighted by molar-refractivity contribution is 0.0616. The van der Waals surface area contributed by atoms with Gasteiger partial charge in [0, 0.05) is 16.7 Å². The fourth-order valence-corrected chi connectivity index (χ4v) is 1.82. The van der Waals surface area contributed by atoms with Crippen molar-refractivity contribution in [2.45, 2.75) is 13.3 Å². The maximum absolute atomic E-state index is 11.5. The van der Waals surface area contributed by atoms with Crippen molar-refractivity contribution in [2.24, 2.45) is 0 Å². The average Bonchev–Trinajstić information content (AvgIpc) is 2.35. The van der Waals surface area contributed by atoms with Crippen LogP contribution in [-0.4, -0.2) is 4.57 Å². The molecule has 1 aromatic heterocycles. The highest BCUT2D eigenvalue weighted by atomic mass is 79.9. The van der Waals surface area contributed by atoms with Gasteiger partial charge in [-0.1, -0.05) is 30.3 Å². The summed E-state index contributed by atoms with van der Waals surface area (Å²) in [6, 6.07) is 13.1. The summed E-state index contributed by atoms with van der Waals surface area (Å²) < 4.78 is 7.87. The van der Waals surface area contributed by atoms with E-state index in [1.807, 2.05) is 30.3 Å². The van der Waals surface area contributed by atoms with Crippen LogP contribution in [0.4, 0.5) is 0 Å². The third-order valence-corrected chi connectivity index (χ3v) is 2.76. The first-order valence-corrected chi connectivity index (χ1v) is 6.03. The molecule has 3 nitrogen and oxygen atoms in total. The smallest absolute Gasteiger partial charge is 0.252 e. The van der Waals surface area contributed by atoms with E-state index in [2.05, 4.69) is 15.9 Å². The topological polar surface area (TPSA) is 31.2 Å². The average molecular weight is 294 g/mol. The number of hydrogen-bond acceptors (Lipinski definition) is 2. The fraction of sp³-hybridized carbons (Fsp3) is 0.154. The Hall–Kier alpha value is -1.39. The molecule has 0 radical (unpaired) electrons. The van der Waals surface area contributed by atoms with Crippen LogP contribution < -0.4 is 5.56 Å². The highest BCUT2D eigenvalue weighted by Crippen LogP contribution is 2.05. The van der Waals surface area contributed by atoms with Gasteiger partial charge in [-0.2, -0.15) is 0 Å². The number of hydrogen-bond donors (Lipinski definition) is 0. The van der Waals surface area contributed by atoms with Crippen LogP contribution in [0.2, 0.25) is 0 Å². The molecule has 2 rings (SSSR count). The summed E-state index contributed by atoms with van der Waals surface area (Å²) in [4.78, 5) is 11.5. The molecular weight excluding hydrogens is 282 g/mol. The predicted octanol–water partition coefficient (Wildman–Crippen LogP) is 2.79. The quantitative estimate of drug-likeness (QED) is 0.868. The van der Waals surface area contributed by atoms with Crippen LogP contribution in [0.25, 0.3) is 0 Å². The van der Waals surface area contributed by atoms with Crippen LogP contribution >= 0.6 is 15.9 Å². The lowest BCUT2D eigenvalue weighted by Gasteiger charge is -2.07. The Morgan fingerprint density at radius 1 is 1.12 bits per heavy atom. The number of halogens is 1. The molecule has 0 aliphatic rings. The predicted molar refractivity (Wildman–Crippen MR) is 69.6 cm³/mol. The van der Waals surface area contributed by atoms with Crippen molar-refractivity contribution in [1.82, 2.24) is 4.57 Å². The number of nitrogens with zero attached hydrogens (tertiary/aromatic N) is 1. The Bertz CT molecular complexity index is 537. The van der Waals surface area contributed by atoms with Crippen LogP contribution in [0, 0.1) is 0 Å². The minimum absolute atomic E-state index is 0.0683. The molecule has 0 saturated carbocycles. The molecular formula is C13H12BrNO2. The molecule has 0 aliphatic heterocycles. The first-order valence-electron chi connectivity index (χ1n) is 5.23. The van der Waals surface area contributed by atoms with Gasteiger partial charge in [0.1, 0.15) is 6.73 Å². The highest BCUT2D eigenvalue weighted by molar-refractivity contribution is 9.10. The summed E-state index contributed by atoms with van der Waals surface area (Å²) in [5, 5.41) is 0. The van der Waals surface area contributed by atoms with E-state index in [1.54, 1.807) is 12.3 Å². The molecule has 0 amide bonds. The summed E-state index contributed by atoms with van der Waals surface area (Å²) >= 11 is 3.32. The van der Waals surface area contributed by atoms with Gasteiger partial charge in [0.15, 0.2) is 0 Å². The molecule has 1 heterocycles. The van der Waals surface area contributed by atoms with E-state index in [0.29, 0.717) is 6.61 Å². The van der Waals surface area contributed by atoms with Gasteiger partial charge in [-0.05, 0) is 27.6 Å². The molecule has 1 aromatic carbocycles. The Kier molecular flexibility index (Phi) is 4.12. The number of aromatic nitrogens is 1. The Balaban J connectivity index is 1.94. The van der Waals surface area contributed by atoms with E-state index < -0.39 is 0 Å². The lowest BCUT2D eigenvalue weighted by Crippen LogP contribution is -2.19. The van der Waals surface area contributed by atoms with E-state index in [4.69, 9.17) is 4.74 Å². The van der Waals surface area contributed by atoms with Crippen molar-refractivity contribution in [1.29, 1.82) is 0 Å². The molecule has 88 valence electrons. The van der Waals surface area contributed by atoms with Gasteiger partial charge >= 0.3 is 0 Å². The molecule has 17 heavy (non-hydrogen) atoms. The molecule has 0 atom stereocenters. The second kappa shape index (κ2) is 5.80. The number of pyridine rings is 1. The van der Waals surface area contributed by atoms with E-state index in [0.717, 1.165) is 10.0 Å². The van der Waals surface area contributed by atoms with Crippen molar-refractivity contribution in [3.05, 3.63) is 69.1 Å². The van der Waals surface area contributed by atoms with E-state index in [9.17, 15) is 4.79 Å². The lowest BCUT2D eigenvalue weighted by atomic mass is 10.2. The van der Waals surface area contributed by atoms with Gasteiger partial charge in [0.2, 0.25) is 0 Å². The molecule has 4 heteroatoms. The highest BCUT2D eigenvalue weighted by Gasteiger charge is 1.97. The van der Waals surface area contributed by atoms with Gasteiger partial charge in [-0.15, -0.1) is 0 Å². The van der Waals surface area contributed by atoms with Crippen molar-refractivity contribution in [3.63, 3.8) is 0 Å². The fourth-order valence-electron chi connectivity index (χ4n) is 1.44. The number of rotatable bonds is 4. The molecule has 0 unspecified atom stereocenters. The van der Waals surface area contributed by atoms with E-state index >= 15 is 0 Å². The summed E-state index contributed by atoms with van der Waals surface area (Å²) in [6.07, 6.45) is 1.72. The van der Waals surface area contributed by atoms with Crippen molar-refractivity contribution in [3.8, 4) is 0 Å². The largest absolute Gasteiger partial charge is 0.356 e. The minimum Gasteiger partial charge on any atom is -0.356 e. The van der Waals surface area contributed by atoms with Crippen LogP contribution in [0.1, 0.15) is 5.56 Å². The third-order valence-electron chi connectivity index (χ3n) is 2.29. The third kappa shape index (κ3) is 3.54. The standard InChI is InChI=1S/C13H12BrNO2/c14-12-6-7-13(16)15(8-12)10-17-9-11-4-2-1-3-5-11/h1-8H,9-10H2. The second-order valence-electron chi connectivity index (χ2n) is 3.62. The SMILES string of the molecule is O=c1ccc(Br)cn1COCc1ccccc1. The zero-order chi connectivity index (χ0) is 12.1. The van der Waals surface area contributed by atoms with Crippen LogP contribution in [0.3, 0.4) is 0 Å². The Labute approximate surface area is 108 Å². The molecule has 0 bridgehead atoms. The van der Waals surface area contributed by atoms with Crippen molar-refractivity contribution in [2.75, 3.05) is 0 Å². The van der Waals surface area contributed by atoms with Gasteiger partial charge in [0.05, 0.1) is 6.61 Å². The van der Waals surface area contributed by atoms with Gasteiger partial charge in [-0.3, -0.25) is 9.36 Å². The second-order valence-corrected chi connectivity index (χ2v) is 4.53. The van der Waals surface area contributed by atoms with Gasteiger partial charge in [-0.25, -0.2) is 0 Å². The summed E-state index contributed by atoms with van der Waals surface area (Å²) in [5.74, 6) is 0. The maximum Gasteiger partial charge on any atom is 0.252 e. The monoisotopic (exact) mass is 293 g/mol. The molecule has 0 aliphatic carbocycles. The van der Waals surface area contributed by atoms with Crippen molar-refractivity contribution < 1.29 is 4.74 Å². The van der Waals surface area contributed by atoms with Crippen LogP contribution in [0.15, 0.2) is 57.9 Å². The maximum atomic E-state index is 11.5. The summed E-state index contributed by atoms with van der Waals surface area (Å²) in [6.45, 7) is 0.757. The van der Waals surface area contributed by atoms with Crippen molar-refractivity contribution >= 4 is 15.9 Å². The molecule has 2 aromatic rings. The van der Waals surface area contributed by atoms with E-state index in [-0.39, 0.29) is 12.3 Å². The van der Waals surface area contributed by atoms with E-state index in [1.165, 1.54) is 10.6 Å². The molecule has 0 fully saturated rings. The Morgan fingerprint density at radius 2 is 1.88 bits per heavy atom. The van der Waals surface area contributed by atoms with Crippen LogP contribution in [-0.2, 0) is 18.1 Å². The van der Waals surface area contributed by atoms with Gasteiger partial charge in [0.25, 0.3) is 5.56 Å². The normalized spacial score (nSPS) is 10.4. The number of benzene rings is 1. The molecule has 0 spiro atoms. The first kappa shape index (κ1) is 12.1. The zero-order valence-corrected chi connectivity index (χ0v) is 10.8. The first-order chi connectivity index (χ1) is 8.25. The Morgan fingerprint density at radius 3 is 2.65 bits per heavy atom. The molecule has 0 N–H and O–H groups in total. The minimum atomic E-state index is -0.0683. The summed E-state index contributed by atoms with van der Waals surface area (Å²) in [7, 11) is 0. The molecule has 0 saturated heterocycles. The van der Waals surface area contributed by atoms with Gasteiger partial charge < -0.3 is 4.74 Å².